The van der Waals surface area contributed by atoms with Crippen molar-refractivity contribution in [1.29, 1.82) is 0 Å². The van der Waals surface area contributed by atoms with Gasteiger partial charge < -0.3 is 4.90 Å². The van der Waals surface area contributed by atoms with Crippen molar-refractivity contribution in [3.63, 3.8) is 0 Å². The maximum atomic E-state index is 4.53. The van der Waals surface area contributed by atoms with Crippen LogP contribution in [-0.2, 0) is 6.54 Å². The molecule has 3 aromatic rings. The first-order chi connectivity index (χ1) is 11.3. The van der Waals surface area contributed by atoms with Gasteiger partial charge in [0.05, 0.1) is 5.39 Å². The molecule has 0 amide bonds. The molecule has 1 saturated heterocycles. The van der Waals surface area contributed by atoms with Crippen molar-refractivity contribution in [3.05, 3.63) is 53.2 Å². The van der Waals surface area contributed by atoms with Gasteiger partial charge in [0.1, 0.15) is 17.0 Å². The first-order valence-corrected chi connectivity index (χ1v) is 8.89. The van der Waals surface area contributed by atoms with E-state index < -0.39 is 0 Å². The van der Waals surface area contributed by atoms with Crippen LogP contribution in [0.2, 0.25) is 0 Å². The summed E-state index contributed by atoms with van der Waals surface area (Å²) in [6.45, 7) is 7.42. The predicted octanol–water partition coefficient (Wildman–Crippen LogP) is 3.32. The minimum absolute atomic E-state index is 1.02. The molecule has 0 unspecified atom stereocenters. The van der Waals surface area contributed by atoms with E-state index in [9.17, 15) is 0 Å². The summed E-state index contributed by atoms with van der Waals surface area (Å²) in [7, 11) is 0. The Morgan fingerprint density at radius 2 is 1.87 bits per heavy atom. The van der Waals surface area contributed by atoms with Gasteiger partial charge in [0.2, 0.25) is 0 Å². The van der Waals surface area contributed by atoms with Crippen LogP contribution in [0.5, 0.6) is 0 Å². The summed E-state index contributed by atoms with van der Waals surface area (Å²) in [4.78, 5) is 14.9. The lowest BCUT2D eigenvalue weighted by molar-refractivity contribution is 0.249. The Morgan fingerprint density at radius 3 is 2.70 bits per heavy atom. The third kappa shape index (κ3) is 2.94. The molecule has 0 atom stereocenters. The summed E-state index contributed by atoms with van der Waals surface area (Å²) in [6.07, 6.45) is 1.69. The Kier molecular flexibility index (Phi) is 3.97. The Hall–Kier alpha value is -1.98. The van der Waals surface area contributed by atoms with Crippen molar-refractivity contribution in [2.75, 3.05) is 31.1 Å². The van der Waals surface area contributed by atoms with Crippen molar-refractivity contribution in [1.82, 2.24) is 14.9 Å². The molecule has 23 heavy (non-hydrogen) atoms. The van der Waals surface area contributed by atoms with E-state index in [0.717, 1.165) is 43.4 Å². The minimum Gasteiger partial charge on any atom is -0.353 e. The highest BCUT2D eigenvalue weighted by Gasteiger charge is 2.20. The van der Waals surface area contributed by atoms with Gasteiger partial charge in [0.15, 0.2) is 0 Å². The molecule has 0 radical (unpaired) electrons. The van der Waals surface area contributed by atoms with Gasteiger partial charge in [-0.3, -0.25) is 4.90 Å². The highest BCUT2D eigenvalue weighted by Crippen LogP contribution is 2.27. The van der Waals surface area contributed by atoms with E-state index in [2.05, 4.69) is 62.4 Å². The minimum atomic E-state index is 1.02. The van der Waals surface area contributed by atoms with Gasteiger partial charge >= 0.3 is 0 Å². The zero-order valence-corrected chi connectivity index (χ0v) is 14.1. The number of fused-ring (bicyclic) bond motifs is 1. The summed E-state index contributed by atoms with van der Waals surface area (Å²) in [5, 5.41) is 3.28. The number of benzene rings is 1. The standard InChI is InChI=1S/C18H20N4S/c1-14-4-2-3-5-15(14)12-21-7-9-22(10-8-21)17-16-6-11-23-18(16)20-13-19-17/h2-6,11,13H,7-10,12H2,1H3. The van der Waals surface area contributed by atoms with E-state index in [4.69, 9.17) is 0 Å². The van der Waals surface area contributed by atoms with E-state index >= 15 is 0 Å². The average molecular weight is 324 g/mol. The molecule has 0 N–H and O–H groups in total. The lowest BCUT2D eigenvalue weighted by Gasteiger charge is -2.35. The van der Waals surface area contributed by atoms with Crippen LogP contribution in [0.1, 0.15) is 11.1 Å². The topological polar surface area (TPSA) is 32.3 Å². The fourth-order valence-corrected chi connectivity index (χ4v) is 3.90. The van der Waals surface area contributed by atoms with Crippen molar-refractivity contribution >= 4 is 27.4 Å². The number of thiophene rings is 1. The molecule has 0 aliphatic carbocycles. The van der Waals surface area contributed by atoms with Crippen LogP contribution >= 0.6 is 11.3 Å². The smallest absolute Gasteiger partial charge is 0.140 e. The summed E-state index contributed by atoms with van der Waals surface area (Å²) >= 11 is 1.68. The van der Waals surface area contributed by atoms with E-state index in [-0.39, 0.29) is 0 Å². The van der Waals surface area contributed by atoms with Gasteiger partial charge in [-0.25, -0.2) is 9.97 Å². The van der Waals surface area contributed by atoms with Gasteiger partial charge in [-0.05, 0) is 29.5 Å². The molecule has 118 valence electrons. The van der Waals surface area contributed by atoms with Gasteiger partial charge in [-0.1, -0.05) is 24.3 Å². The maximum Gasteiger partial charge on any atom is 0.140 e. The second-order valence-electron chi connectivity index (χ2n) is 6.03. The highest BCUT2D eigenvalue weighted by molar-refractivity contribution is 7.16. The summed E-state index contributed by atoms with van der Waals surface area (Å²) in [5.74, 6) is 1.09. The van der Waals surface area contributed by atoms with E-state index in [1.807, 2.05) is 0 Å². The Morgan fingerprint density at radius 1 is 1.04 bits per heavy atom. The van der Waals surface area contributed by atoms with Gasteiger partial charge in [-0.2, -0.15) is 0 Å². The molecule has 1 aliphatic rings. The fourth-order valence-electron chi connectivity index (χ4n) is 3.18. The SMILES string of the molecule is Cc1ccccc1CN1CCN(c2ncnc3sccc23)CC1. The summed E-state index contributed by atoms with van der Waals surface area (Å²) in [6, 6.07) is 10.8. The van der Waals surface area contributed by atoms with E-state index in [1.54, 1.807) is 17.7 Å². The van der Waals surface area contributed by atoms with Crippen LogP contribution < -0.4 is 4.90 Å². The van der Waals surface area contributed by atoms with E-state index in [0.29, 0.717) is 0 Å². The van der Waals surface area contributed by atoms with Crippen molar-refractivity contribution < 1.29 is 0 Å². The third-order valence-electron chi connectivity index (χ3n) is 4.57. The first-order valence-electron chi connectivity index (χ1n) is 8.01. The normalized spacial score (nSPS) is 16.1. The molecule has 1 aliphatic heterocycles. The summed E-state index contributed by atoms with van der Waals surface area (Å²) in [5.41, 5.74) is 2.81. The lowest BCUT2D eigenvalue weighted by atomic mass is 10.1. The first kappa shape index (κ1) is 14.6. The van der Waals surface area contributed by atoms with Gasteiger partial charge in [0.25, 0.3) is 0 Å². The van der Waals surface area contributed by atoms with Gasteiger partial charge in [-0.15, -0.1) is 11.3 Å². The quantitative estimate of drug-likeness (QED) is 0.740. The van der Waals surface area contributed by atoms with Crippen LogP contribution in [0.25, 0.3) is 10.2 Å². The molecular weight excluding hydrogens is 304 g/mol. The number of hydrogen-bond acceptors (Lipinski definition) is 5. The summed E-state index contributed by atoms with van der Waals surface area (Å²) < 4.78 is 0. The number of anilines is 1. The maximum absolute atomic E-state index is 4.53. The number of aryl methyl sites for hydroxylation is 1. The van der Waals surface area contributed by atoms with Crippen molar-refractivity contribution in [2.45, 2.75) is 13.5 Å². The molecule has 0 spiro atoms. The molecule has 2 aromatic heterocycles. The number of piperazine rings is 1. The number of hydrogen-bond donors (Lipinski definition) is 0. The largest absolute Gasteiger partial charge is 0.353 e. The van der Waals surface area contributed by atoms with Crippen LogP contribution in [0, 0.1) is 6.92 Å². The fraction of sp³-hybridized carbons (Fsp3) is 0.333. The molecule has 1 aromatic carbocycles. The highest BCUT2D eigenvalue weighted by atomic mass is 32.1. The average Bonchev–Trinajstić information content (AvgIpc) is 3.06. The molecule has 0 saturated carbocycles. The van der Waals surface area contributed by atoms with E-state index in [1.165, 1.54) is 16.5 Å². The van der Waals surface area contributed by atoms with Crippen molar-refractivity contribution in [2.24, 2.45) is 0 Å². The third-order valence-corrected chi connectivity index (χ3v) is 5.39. The zero-order valence-electron chi connectivity index (χ0n) is 13.3. The Bertz CT molecular complexity index is 805. The second-order valence-corrected chi connectivity index (χ2v) is 6.92. The van der Waals surface area contributed by atoms with Gasteiger partial charge in [0, 0.05) is 32.7 Å². The predicted molar refractivity (Wildman–Crippen MR) is 96.1 cm³/mol. The monoisotopic (exact) mass is 324 g/mol. The zero-order chi connectivity index (χ0) is 15.6. The molecule has 0 bridgehead atoms. The molecule has 4 rings (SSSR count). The second kappa shape index (κ2) is 6.26. The van der Waals surface area contributed by atoms with Crippen LogP contribution in [-0.4, -0.2) is 41.0 Å². The number of nitrogens with zero attached hydrogens (tertiary/aromatic N) is 4. The van der Waals surface area contributed by atoms with Crippen molar-refractivity contribution in [3.8, 4) is 0 Å². The number of rotatable bonds is 3. The molecule has 5 heteroatoms. The lowest BCUT2D eigenvalue weighted by Crippen LogP contribution is -2.46. The molecular formula is C18H20N4S. The molecule has 3 heterocycles. The Labute approximate surface area is 140 Å². The van der Waals surface area contributed by atoms with Crippen LogP contribution in [0.15, 0.2) is 42.0 Å². The molecule has 1 fully saturated rings. The number of aromatic nitrogens is 2. The van der Waals surface area contributed by atoms with Crippen LogP contribution in [0.4, 0.5) is 5.82 Å². The Balaban J connectivity index is 1.45. The van der Waals surface area contributed by atoms with Crippen LogP contribution in [0.3, 0.4) is 0 Å². The molecule has 4 nitrogen and oxygen atoms in total.